The molecule has 136 valence electrons. The number of anilines is 2. The van der Waals surface area contributed by atoms with Crippen LogP contribution in [0.15, 0.2) is 67.0 Å². The standard InChI is InChI=1S/C22H23N5/c1-16-6-8-17(9-7-16)14-26-21-11-13-24-22(27-21)23-12-10-18-15-25-20-5-3-2-4-19(18)20/h2-9,11,13,15,25H,10,12,14H2,1H3,(H2,23,24,26,27). The molecule has 2 aromatic carbocycles. The molecule has 0 amide bonds. The van der Waals surface area contributed by atoms with E-state index >= 15 is 0 Å². The first-order valence-corrected chi connectivity index (χ1v) is 9.19. The molecule has 0 aliphatic rings. The van der Waals surface area contributed by atoms with E-state index in [9.17, 15) is 0 Å². The van der Waals surface area contributed by atoms with E-state index in [2.05, 4.69) is 81.2 Å². The molecule has 0 bridgehead atoms. The van der Waals surface area contributed by atoms with E-state index in [0.29, 0.717) is 5.95 Å². The van der Waals surface area contributed by atoms with E-state index in [1.165, 1.54) is 27.6 Å². The average Bonchev–Trinajstić information content (AvgIpc) is 3.11. The molecule has 0 saturated heterocycles. The molecule has 3 N–H and O–H groups in total. The van der Waals surface area contributed by atoms with Gasteiger partial charge in [0.2, 0.25) is 5.95 Å². The number of fused-ring (bicyclic) bond motifs is 1. The molecule has 4 aromatic rings. The van der Waals surface area contributed by atoms with Crippen LogP contribution in [-0.2, 0) is 13.0 Å². The highest BCUT2D eigenvalue weighted by atomic mass is 15.1. The van der Waals surface area contributed by atoms with Crippen molar-refractivity contribution in [1.29, 1.82) is 0 Å². The van der Waals surface area contributed by atoms with Crippen LogP contribution in [0.25, 0.3) is 10.9 Å². The number of hydrogen-bond donors (Lipinski definition) is 3. The molecular weight excluding hydrogens is 334 g/mol. The quantitative estimate of drug-likeness (QED) is 0.454. The van der Waals surface area contributed by atoms with Gasteiger partial charge in [-0.05, 0) is 36.6 Å². The SMILES string of the molecule is Cc1ccc(CNc2ccnc(NCCc3c[nH]c4ccccc34)n2)cc1. The number of aromatic nitrogens is 3. The van der Waals surface area contributed by atoms with Crippen molar-refractivity contribution >= 4 is 22.7 Å². The summed E-state index contributed by atoms with van der Waals surface area (Å²) < 4.78 is 0. The Morgan fingerprint density at radius 3 is 2.70 bits per heavy atom. The maximum Gasteiger partial charge on any atom is 0.224 e. The maximum absolute atomic E-state index is 4.55. The monoisotopic (exact) mass is 357 g/mol. The summed E-state index contributed by atoms with van der Waals surface area (Å²) in [6, 6.07) is 18.7. The highest BCUT2D eigenvalue weighted by molar-refractivity contribution is 5.83. The van der Waals surface area contributed by atoms with Crippen molar-refractivity contribution in [2.45, 2.75) is 19.9 Å². The summed E-state index contributed by atoms with van der Waals surface area (Å²) in [5.41, 5.74) is 4.97. The Bertz CT molecular complexity index is 1020. The van der Waals surface area contributed by atoms with Crippen LogP contribution < -0.4 is 10.6 Å². The normalized spacial score (nSPS) is 10.9. The molecule has 0 saturated carbocycles. The molecule has 0 spiro atoms. The van der Waals surface area contributed by atoms with Crippen LogP contribution in [0.2, 0.25) is 0 Å². The van der Waals surface area contributed by atoms with Crippen molar-refractivity contribution in [2.75, 3.05) is 17.2 Å². The van der Waals surface area contributed by atoms with Gasteiger partial charge < -0.3 is 15.6 Å². The summed E-state index contributed by atoms with van der Waals surface area (Å²) in [6.07, 6.45) is 4.76. The van der Waals surface area contributed by atoms with Crippen LogP contribution >= 0.6 is 0 Å². The number of nitrogens with one attached hydrogen (secondary N) is 3. The minimum Gasteiger partial charge on any atom is -0.366 e. The first-order chi connectivity index (χ1) is 13.3. The third-order valence-electron chi connectivity index (χ3n) is 4.60. The molecule has 5 nitrogen and oxygen atoms in total. The topological polar surface area (TPSA) is 65.6 Å². The Morgan fingerprint density at radius 1 is 0.963 bits per heavy atom. The molecule has 0 aliphatic heterocycles. The fourth-order valence-electron chi connectivity index (χ4n) is 3.09. The number of hydrogen-bond acceptors (Lipinski definition) is 4. The molecule has 5 heteroatoms. The van der Waals surface area contributed by atoms with Crippen molar-refractivity contribution in [3.63, 3.8) is 0 Å². The predicted octanol–water partition coefficient (Wildman–Crippen LogP) is 4.53. The molecule has 0 radical (unpaired) electrons. The lowest BCUT2D eigenvalue weighted by Crippen LogP contribution is -2.09. The van der Waals surface area contributed by atoms with Gasteiger partial charge in [0.15, 0.2) is 0 Å². The number of H-pyrrole nitrogens is 1. The molecule has 0 aliphatic carbocycles. The van der Waals surface area contributed by atoms with Gasteiger partial charge in [0, 0.05) is 36.4 Å². The van der Waals surface area contributed by atoms with Crippen LogP contribution in [0.5, 0.6) is 0 Å². The van der Waals surface area contributed by atoms with Gasteiger partial charge in [-0.3, -0.25) is 0 Å². The highest BCUT2D eigenvalue weighted by Gasteiger charge is 2.04. The molecule has 0 fully saturated rings. The Balaban J connectivity index is 1.33. The predicted molar refractivity (Wildman–Crippen MR) is 111 cm³/mol. The highest BCUT2D eigenvalue weighted by Crippen LogP contribution is 2.18. The van der Waals surface area contributed by atoms with Gasteiger partial charge in [-0.15, -0.1) is 0 Å². The number of rotatable bonds is 7. The minimum atomic E-state index is 0.642. The van der Waals surface area contributed by atoms with Gasteiger partial charge in [-0.25, -0.2) is 4.98 Å². The molecule has 0 atom stereocenters. The van der Waals surface area contributed by atoms with Crippen LogP contribution in [0.4, 0.5) is 11.8 Å². The maximum atomic E-state index is 4.55. The van der Waals surface area contributed by atoms with Gasteiger partial charge in [-0.1, -0.05) is 48.0 Å². The average molecular weight is 357 g/mol. The summed E-state index contributed by atoms with van der Waals surface area (Å²) in [6.45, 7) is 3.62. The second kappa shape index (κ2) is 7.91. The molecule has 27 heavy (non-hydrogen) atoms. The first-order valence-electron chi connectivity index (χ1n) is 9.19. The molecule has 2 heterocycles. The number of benzene rings is 2. The van der Waals surface area contributed by atoms with Crippen LogP contribution in [0.1, 0.15) is 16.7 Å². The third kappa shape index (κ3) is 4.26. The lowest BCUT2D eigenvalue weighted by molar-refractivity contribution is 0.985. The van der Waals surface area contributed by atoms with E-state index in [-0.39, 0.29) is 0 Å². The zero-order valence-electron chi connectivity index (χ0n) is 15.4. The van der Waals surface area contributed by atoms with E-state index in [0.717, 1.165) is 25.3 Å². The number of nitrogens with zero attached hydrogens (tertiary/aromatic N) is 2. The second-order valence-corrected chi connectivity index (χ2v) is 6.64. The lowest BCUT2D eigenvalue weighted by atomic mass is 10.1. The molecule has 0 unspecified atom stereocenters. The van der Waals surface area contributed by atoms with Gasteiger partial charge >= 0.3 is 0 Å². The van der Waals surface area contributed by atoms with Gasteiger partial charge in [0.1, 0.15) is 5.82 Å². The smallest absolute Gasteiger partial charge is 0.224 e. The van der Waals surface area contributed by atoms with Crippen LogP contribution in [0, 0.1) is 6.92 Å². The summed E-state index contributed by atoms with van der Waals surface area (Å²) in [5, 5.41) is 7.94. The van der Waals surface area contributed by atoms with Crippen molar-refractivity contribution in [3.8, 4) is 0 Å². The van der Waals surface area contributed by atoms with Crippen LogP contribution in [-0.4, -0.2) is 21.5 Å². The van der Waals surface area contributed by atoms with Gasteiger partial charge in [-0.2, -0.15) is 4.98 Å². The summed E-state index contributed by atoms with van der Waals surface area (Å²) in [7, 11) is 0. The largest absolute Gasteiger partial charge is 0.366 e. The third-order valence-corrected chi connectivity index (χ3v) is 4.60. The van der Waals surface area contributed by atoms with E-state index in [4.69, 9.17) is 0 Å². The van der Waals surface area contributed by atoms with E-state index in [1.54, 1.807) is 6.20 Å². The van der Waals surface area contributed by atoms with Crippen molar-refractivity contribution in [1.82, 2.24) is 15.0 Å². The van der Waals surface area contributed by atoms with Gasteiger partial charge in [0.25, 0.3) is 0 Å². The lowest BCUT2D eigenvalue weighted by Gasteiger charge is -2.08. The Hall–Kier alpha value is -3.34. The number of aryl methyl sites for hydroxylation is 1. The summed E-state index contributed by atoms with van der Waals surface area (Å²) >= 11 is 0. The van der Waals surface area contributed by atoms with Crippen molar-refractivity contribution in [3.05, 3.63) is 83.7 Å². The Labute approximate surface area is 158 Å². The fraction of sp³-hybridized carbons (Fsp3) is 0.182. The number of para-hydroxylation sites is 1. The first kappa shape index (κ1) is 17.1. The Morgan fingerprint density at radius 2 is 1.81 bits per heavy atom. The fourth-order valence-corrected chi connectivity index (χ4v) is 3.09. The molecular formula is C22H23N5. The van der Waals surface area contributed by atoms with E-state index < -0.39 is 0 Å². The van der Waals surface area contributed by atoms with Crippen LogP contribution in [0.3, 0.4) is 0 Å². The Kier molecular flexibility index (Phi) is 5.01. The minimum absolute atomic E-state index is 0.642. The zero-order valence-corrected chi connectivity index (χ0v) is 15.4. The van der Waals surface area contributed by atoms with Gasteiger partial charge in [0.05, 0.1) is 0 Å². The molecule has 2 aromatic heterocycles. The molecule has 4 rings (SSSR count). The van der Waals surface area contributed by atoms with Crippen molar-refractivity contribution < 1.29 is 0 Å². The summed E-state index contributed by atoms with van der Waals surface area (Å²) in [5.74, 6) is 1.46. The summed E-state index contributed by atoms with van der Waals surface area (Å²) in [4.78, 5) is 12.2. The van der Waals surface area contributed by atoms with Crippen molar-refractivity contribution in [2.24, 2.45) is 0 Å². The second-order valence-electron chi connectivity index (χ2n) is 6.64. The number of aromatic amines is 1. The zero-order chi connectivity index (χ0) is 18.5. The van der Waals surface area contributed by atoms with E-state index in [1.807, 2.05) is 12.1 Å².